The Morgan fingerprint density at radius 1 is 0.282 bits per heavy atom. The van der Waals surface area contributed by atoms with E-state index in [2.05, 4.69) is 99.8 Å². The molecular formula is C78H126N2S5. The van der Waals surface area contributed by atoms with Crippen molar-refractivity contribution in [2.24, 2.45) is 0 Å². The van der Waals surface area contributed by atoms with Crippen LogP contribution in [0, 0.1) is 13.8 Å². The van der Waals surface area contributed by atoms with E-state index in [1.165, 1.54) is 395 Å². The first kappa shape index (κ1) is 72.2. The van der Waals surface area contributed by atoms with Crippen LogP contribution in [0.2, 0.25) is 0 Å². The van der Waals surface area contributed by atoms with Crippen molar-refractivity contribution in [1.82, 2.24) is 8.75 Å². The van der Waals surface area contributed by atoms with Gasteiger partial charge in [-0.2, -0.15) is 8.75 Å². The minimum atomic E-state index is 1.16. The summed E-state index contributed by atoms with van der Waals surface area (Å²) in [6, 6.07) is 10.4. The smallest absolute Gasteiger partial charge is 0.113 e. The van der Waals surface area contributed by atoms with Gasteiger partial charge in [-0.3, -0.25) is 0 Å². The van der Waals surface area contributed by atoms with E-state index in [9.17, 15) is 0 Å². The van der Waals surface area contributed by atoms with Crippen LogP contribution in [-0.4, -0.2) is 8.75 Å². The number of aryl methyl sites for hydroxylation is 4. The third kappa shape index (κ3) is 26.8. The lowest BCUT2D eigenvalue weighted by molar-refractivity contribution is 0.542. The van der Waals surface area contributed by atoms with Crippen molar-refractivity contribution in [2.75, 3.05) is 0 Å². The first-order valence-corrected chi connectivity index (χ1v) is 41.0. The fourth-order valence-electron chi connectivity index (χ4n) is 13.7. The molecule has 0 N–H and O–H groups in total. The van der Waals surface area contributed by atoms with Crippen molar-refractivity contribution in [3.05, 3.63) is 57.0 Å². The second kappa shape index (κ2) is 45.4. The summed E-state index contributed by atoms with van der Waals surface area (Å²) < 4.78 is 13.3. The first-order chi connectivity index (χ1) is 42.0. The number of nitrogens with zero attached hydrogens (tertiary/aromatic N) is 2. The highest BCUT2D eigenvalue weighted by molar-refractivity contribution is 7.33. The van der Waals surface area contributed by atoms with Gasteiger partial charge in [-0.05, 0) is 117 Å². The minimum absolute atomic E-state index is 1.16. The molecule has 0 amide bonds. The van der Waals surface area contributed by atoms with Gasteiger partial charge in [0.1, 0.15) is 11.0 Å². The van der Waals surface area contributed by atoms with E-state index in [0.29, 0.717) is 0 Å². The number of unbranched alkanes of at least 4 members (excludes halogenated alkanes) is 44. The van der Waals surface area contributed by atoms with E-state index in [0.717, 1.165) is 6.42 Å². The summed E-state index contributed by atoms with van der Waals surface area (Å²) in [5.41, 5.74) is 11.6. The molecular weight excluding hydrogens is 1130 g/mol. The van der Waals surface area contributed by atoms with Crippen LogP contribution in [0.3, 0.4) is 0 Å². The fraction of sp³-hybridized carbons (Fsp3) is 0.744. The minimum Gasteiger partial charge on any atom is -0.173 e. The third-order valence-corrected chi connectivity index (χ3v) is 24.5. The molecule has 1 aromatic carbocycles. The number of hydrogen-bond acceptors (Lipinski definition) is 7. The summed E-state index contributed by atoms with van der Waals surface area (Å²) in [6.45, 7) is 14.0. The van der Waals surface area contributed by atoms with Crippen molar-refractivity contribution < 1.29 is 0 Å². The summed E-state index contributed by atoms with van der Waals surface area (Å²) in [5.74, 6) is 0. The number of rotatable bonds is 55. The lowest BCUT2D eigenvalue weighted by atomic mass is 9.87. The Bertz CT molecular complexity index is 2570. The van der Waals surface area contributed by atoms with Crippen LogP contribution in [0.15, 0.2) is 24.3 Å². The lowest BCUT2D eigenvalue weighted by Gasteiger charge is -2.18. The molecule has 0 aliphatic heterocycles. The normalized spacial score (nSPS) is 12.0. The molecule has 0 spiro atoms. The van der Waals surface area contributed by atoms with Crippen LogP contribution in [0.1, 0.15) is 369 Å². The molecule has 0 saturated heterocycles. The van der Waals surface area contributed by atoms with Gasteiger partial charge in [0.15, 0.2) is 0 Å². The maximum atomic E-state index is 5.25. The molecule has 0 radical (unpaired) electrons. The highest BCUT2D eigenvalue weighted by Crippen LogP contribution is 2.50. The second-order valence-corrected chi connectivity index (χ2v) is 31.6. The van der Waals surface area contributed by atoms with E-state index < -0.39 is 0 Å². The molecule has 5 aromatic heterocycles. The van der Waals surface area contributed by atoms with Gasteiger partial charge >= 0.3 is 0 Å². The molecule has 0 unspecified atom stereocenters. The van der Waals surface area contributed by atoms with Gasteiger partial charge in [0.2, 0.25) is 0 Å². The summed E-state index contributed by atoms with van der Waals surface area (Å²) in [7, 11) is 0. The van der Waals surface area contributed by atoms with Gasteiger partial charge in [-0.15, -0.1) is 45.3 Å². The Morgan fingerprint density at radius 2 is 0.588 bits per heavy atom. The van der Waals surface area contributed by atoms with E-state index in [1.54, 1.807) is 27.1 Å². The molecule has 5 heterocycles. The Morgan fingerprint density at radius 3 is 0.965 bits per heavy atom. The predicted octanol–water partition coefficient (Wildman–Crippen LogP) is 29.7. The van der Waals surface area contributed by atoms with Crippen molar-refractivity contribution >= 4 is 77.5 Å². The van der Waals surface area contributed by atoms with Gasteiger partial charge in [0.25, 0.3) is 0 Å². The molecule has 6 aromatic rings. The Hall–Kier alpha value is -1.90. The van der Waals surface area contributed by atoms with Crippen molar-refractivity contribution in [1.29, 1.82) is 0 Å². The first-order valence-electron chi connectivity index (χ1n) is 37.0. The molecule has 0 aliphatic carbocycles. The largest absolute Gasteiger partial charge is 0.173 e. The molecule has 7 heteroatoms. The van der Waals surface area contributed by atoms with Crippen molar-refractivity contribution in [3.8, 4) is 29.9 Å². The Labute approximate surface area is 544 Å². The average Bonchev–Trinajstić information content (AvgIpc) is 2.40. The van der Waals surface area contributed by atoms with E-state index in [-0.39, 0.29) is 0 Å². The van der Waals surface area contributed by atoms with E-state index >= 15 is 0 Å². The van der Waals surface area contributed by atoms with Crippen molar-refractivity contribution in [2.45, 2.75) is 375 Å². The van der Waals surface area contributed by atoms with Crippen LogP contribution in [-0.2, 0) is 25.7 Å². The quantitative estimate of drug-likeness (QED) is 0.0356. The van der Waals surface area contributed by atoms with Crippen LogP contribution in [0.4, 0.5) is 0 Å². The fourth-order valence-corrected chi connectivity index (χ4v) is 19.3. The standard InChI is InChI=1S/C78H126N2S5/c1-7-11-15-19-23-27-31-35-39-43-47-51-55-65-59-63(5)81-77(65)72-61-69-70(82-72)62-73(83-69)78-66(56-52-48-44-40-36-32-28-24-20-16-12-8-2)60-71(84-78)74-68(58-54-50-46-42-38-34-30-26-22-18-14-10-4)67(64(6)75-76(74)80-85-79-75)57-53-49-45-41-37-33-29-25-21-17-13-9-3/h59-62H,7-58H2,1-6H3. The monoisotopic (exact) mass is 1250 g/mol. The molecule has 478 valence electrons. The topological polar surface area (TPSA) is 25.8 Å². The van der Waals surface area contributed by atoms with Crippen LogP contribution < -0.4 is 0 Å². The molecule has 6 rings (SSSR count). The predicted molar refractivity (Wildman–Crippen MR) is 391 cm³/mol. The summed E-state index contributed by atoms with van der Waals surface area (Å²) >= 11 is 9.72. The maximum absolute atomic E-state index is 5.25. The number of fused-ring (bicyclic) bond motifs is 2. The van der Waals surface area contributed by atoms with Crippen LogP contribution in [0.25, 0.3) is 50.4 Å². The number of benzene rings is 1. The molecule has 85 heavy (non-hydrogen) atoms. The zero-order valence-corrected chi connectivity index (χ0v) is 60.1. The van der Waals surface area contributed by atoms with E-state index in [4.69, 9.17) is 8.75 Å². The summed E-state index contributed by atoms with van der Waals surface area (Å²) in [6.07, 6.45) is 71.8. The Kier molecular flexibility index (Phi) is 38.5. The van der Waals surface area contributed by atoms with Gasteiger partial charge < -0.3 is 0 Å². The van der Waals surface area contributed by atoms with Crippen molar-refractivity contribution in [3.63, 3.8) is 0 Å². The molecule has 0 fully saturated rings. The Balaban J connectivity index is 1.19. The van der Waals surface area contributed by atoms with E-state index in [1.807, 2.05) is 11.3 Å². The summed E-state index contributed by atoms with van der Waals surface area (Å²) in [4.78, 5) is 8.97. The lowest BCUT2D eigenvalue weighted by Crippen LogP contribution is -2.03. The summed E-state index contributed by atoms with van der Waals surface area (Å²) in [5, 5.41) is 0. The molecule has 0 atom stereocenters. The third-order valence-electron chi connectivity index (χ3n) is 19.0. The van der Waals surface area contributed by atoms with Crippen LogP contribution in [0.5, 0.6) is 0 Å². The van der Waals surface area contributed by atoms with Crippen LogP contribution >= 0.6 is 57.1 Å². The maximum Gasteiger partial charge on any atom is 0.113 e. The van der Waals surface area contributed by atoms with Gasteiger partial charge in [-0.25, -0.2) is 0 Å². The molecule has 0 aliphatic rings. The number of hydrogen-bond donors (Lipinski definition) is 0. The highest BCUT2D eigenvalue weighted by atomic mass is 32.1. The van der Waals surface area contributed by atoms with Gasteiger partial charge in [0, 0.05) is 44.2 Å². The van der Waals surface area contributed by atoms with Gasteiger partial charge in [-0.1, -0.05) is 310 Å². The zero-order chi connectivity index (χ0) is 59.8. The highest BCUT2D eigenvalue weighted by Gasteiger charge is 2.25. The molecule has 0 bridgehead atoms. The SMILES string of the molecule is CCCCCCCCCCCCCCc1cc(C)sc1-c1cc2sc(-c3sc(-c4c(CCCCCCCCCCCCCC)c(CCCCCCCCCCCCCC)c(C)c5nsnc45)cc3CCCCCCCCCCCCCC)cc2s1. The van der Waals surface area contributed by atoms with Gasteiger partial charge in [0.05, 0.1) is 11.7 Å². The number of thiophene rings is 4. The molecule has 0 saturated carbocycles. The second-order valence-electron chi connectivity index (χ2n) is 26.6. The average molecular weight is 1250 g/mol. The zero-order valence-electron chi connectivity index (χ0n) is 56.0. The molecule has 2 nitrogen and oxygen atoms in total. The number of aromatic nitrogens is 2.